The molecule has 0 aliphatic heterocycles. The monoisotopic (exact) mass is 298 g/mol. The average Bonchev–Trinajstić information content (AvgIpc) is 2.76. The van der Waals surface area contributed by atoms with Gasteiger partial charge in [-0.3, -0.25) is 0 Å². The van der Waals surface area contributed by atoms with Crippen LogP contribution >= 0.6 is 32.9 Å². The minimum atomic E-state index is 0.834. The van der Waals surface area contributed by atoms with E-state index in [0.717, 1.165) is 22.6 Å². The summed E-state index contributed by atoms with van der Waals surface area (Å²) in [4.78, 5) is 0. The molecule has 0 spiro atoms. The molecule has 1 nitrogen and oxygen atoms in total. The van der Waals surface area contributed by atoms with Crippen LogP contribution in [0.4, 0.5) is 0 Å². The summed E-state index contributed by atoms with van der Waals surface area (Å²) in [6.07, 6.45) is 2.32. The van der Waals surface area contributed by atoms with Crippen molar-refractivity contribution in [2.45, 2.75) is 26.7 Å². The highest BCUT2D eigenvalue weighted by atomic mass is 32.9. The van der Waals surface area contributed by atoms with Crippen molar-refractivity contribution in [3.05, 3.63) is 45.1 Å². The summed E-state index contributed by atoms with van der Waals surface area (Å²) in [6, 6.07) is 9.93. The number of para-hydroxylation sites is 1. The van der Waals surface area contributed by atoms with Crippen molar-refractivity contribution >= 4 is 32.9 Å². The third-order valence-electron chi connectivity index (χ3n) is 2.18. The SMILES string of the molecule is CCCCOc1ccccc1.Cc1cssc1=S. The van der Waals surface area contributed by atoms with Gasteiger partial charge in [-0.25, -0.2) is 0 Å². The molecule has 1 aromatic heterocycles. The van der Waals surface area contributed by atoms with Gasteiger partial charge in [0.25, 0.3) is 0 Å². The Hall–Kier alpha value is -0.710. The molecular weight excluding hydrogens is 280 g/mol. The van der Waals surface area contributed by atoms with Gasteiger partial charge < -0.3 is 4.74 Å². The predicted octanol–water partition coefficient (Wildman–Crippen LogP) is 5.71. The minimum Gasteiger partial charge on any atom is -0.494 e. The van der Waals surface area contributed by atoms with Crippen LogP contribution in [-0.4, -0.2) is 6.61 Å². The Morgan fingerprint density at radius 2 is 1.94 bits per heavy atom. The zero-order chi connectivity index (χ0) is 13.2. The maximum Gasteiger partial charge on any atom is 0.119 e. The molecule has 0 atom stereocenters. The Balaban J connectivity index is 0.000000199. The Kier molecular flexibility index (Phi) is 7.89. The summed E-state index contributed by atoms with van der Waals surface area (Å²) in [5.74, 6) is 0.973. The molecule has 0 amide bonds. The fourth-order valence-corrected chi connectivity index (χ4v) is 3.49. The van der Waals surface area contributed by atoms with Crippen LogP contribution in [0, 0.1) is 10.7 Å². The van der Waals surface area contributed by atoms with E-state index in [1.54, 1.807) is 20.7 Å². The van der Waals surface area contributed by atoms with Crippen molar-refractivity contribution < 1.29 is 4.74 Å². The fourth-order valence-electron chi connectivity index (χ4n) is 1.10. The second-order valence-corrected chi connectivity index (χ2v) is 6.53. The molecule has 0 saturated heterocycles. The lowest BCUT2D eigenvalue weighted by Crippen LogP contribution is -1.95. The number of unbranched alkanes of at least 4 members (excludes halogenated alkanes) is 1. The lowest BCUT2D eigenvalue weighted by atomic mass is 10.3. The molecule has 0 saturated carbocycles. The Labute approximate surface area is 121 Å². The summed E-state index contributed by atoms with van der Waals surface area (Å²) in [5.41, 5.74) is 1.24. The van der Waals surface area contributed by atoms with Gasteiger partial charge >= 0.3 is 0 Å². The lowest BCUT2D eigenvalue weighted by Gasteiger charge is -2.03. The minimum absolute atomic E-state index is 0.834. The molecule has 1 aromatic carbocycles. The van der Waals surface area contributed by atoms with Crippen molar-refractivity contribution in [3.63, 3.8) is 0 Å². The molecule has 0 N–H and O–H groups in total. The number of rotatable bonds is 4. The molecule has 0 fully saturated rings. The highest BCUT2D eigenvalue weighted by Gasteiger charge is 1.88. The normalized spacial score (nSPS) is 9.44. The highest BCUT2D eigenvalue weighted by Crippen LogP contribution is 2.14. The van der Waals surface area contributed by atoms with Crippen molar-refractivity contribution in [1.29, 1.82) is 0 Å². The largest absolute Gasteiger partial charge is 0.494 e. The van der Waals surface area contributed by atoms with Crippen LogP contribution in [-0.2, 0) is 0 Å². The number of aryl methyl sites for hydroxylation is 1. The number of hydrogen-bond donors (Lipinski definition) is 0. The third-order valence-corrected chi connectivity index (χ3v) is 5.17. The van der Waals surface area contributed by atoms with E-state index in [4.69, 9.17) is 17.0 Å². The summed E-state index contributed by atoms with van der Waals surface area (Å²) in [5, 5.41) is 2.08. The smallest absolute Gasteiger partial charge is 0.119 e. The van der Waals surface area contributed by atoms with Crippen LogP contribution in [0.15, 0.2) is 35.7 Å². The quantitative estimate of drug-likeness (QED) is 0.406. The summed E-state index contributed by atoms with van der Waals surface area (Å²) in [7, 11) is 3.36. The van der Waals surface area contributed by atoms with E-state index in [0.29, 0.717) is 0 Å². The van der Waals surface area contributed by atoms with E-state index in [-0.39, 0.29) is 0 Å². The predicted molar refractivity (Wildman–Crippen MR) is 84.6 cm³/mol. The third kappa shape index (κ3) is 6.28. The average molecular weight is 298 g/mol. The van der Waals surface area contributed by atoms with Gasteiger partial charge in [0, 0.05) is 5.38 Å². The molecule has 2 rings (SSSR count). The van der Waals surface area contributed by atoms with E-state index in [2.05, 4.69) is 12.3 Å². The molecule has 2 aromatic rings. The molecule has 0 unspecified atom stereocenters. The van der Waals surface area contributed by atoms with E-state index < -0.39 is 0 Å². The molecule has 0 aliphatic rings. The van der Waals surface area contributed by atoms with Gasteiger partial charge in [0.2, 0.25) is 0 Å². The van der Waals surface area contributed by atoms with Crippen molar-refractivity contribution in [1.82, 2.24) is 0 Å². The Morgan fingerprint density at radius 3 is 2.39 bits per heavy atom. The first-order chi connectivity index (χ1) is 8.74. The first-order valence-corrected chi connectivity index (χ1v) is 8.58. The Bertz CT molecular complexity index is 473. The number of hydrogen-bond acceptors (Lipinski definition) is 4. The van der Waals surface area contributed by atoms with Gasteiger partial charge in [-0.2, -0.15) is 0 Å². The van der Waals surface area contributed by atoms with Crippen LogP contribution in [0.1, 0.15) is 25.3 Å². The van der Waals surface area contributed by atoms with Gasteiger partial charge in [-0.1, -0.05) is 64.4 Å². The number of benzene rings is 1. The van der Waals surface area contributed by atoms with Crippen LogP contribution < -0.4 is 4.74 Å². The van der Waals surface area contributed by atoms with Gasteiger partial charge in [0.05, 0.1) is 6.61 Å². The fraction of sp³-hybridized carbons (Fsp3) is 0.357. The zero-order valence-corrected chi connectivity index (χ0v) is 13.2. The summed E-state index contributed by atoms with van der Waals surface area (Å²) < 4.78 is 6.48. The lowest BCUT2D eigenvalue weighted by molar-refractivity contribution is 0.309. The van der Waals surface area contributed by atoms with E-state index >= 15 is 0 Å². The van der Waals surface area contributed by atoms with E-state index in [1.807, 2.05) is 37.3 Å². The molecule has 0 aliphatic carbocycles. The molecule has 0 radical (unpaired) electrons. The van der Waals surface area contributed by atoms with Crippen LogP contribution in [0.25, 0.3) is 0 Å². The topological polar surface area (TPSA) is 9.23 Å². The number of ether oxygens (including phenoxy) is 1. The van der Waals surface area contributed by atoms with Crippen molar-refractivity contribution in [2.24, 2.45) is 0 Å². The van der Waals surface area contributed by atoms with Gasteiger partial charge in [0.1, 0.15) is 9.57 Å². The van der Waals surface area contributed by atoms with E-state index in [1.165, 1.54) is 12.0 Å². The van der Waals surface area contributed by atoms with Crippen LogP contribution in [0.5, 0.6) is 5.75 Å². The molecular formula is C14H18OS3. The Morgan fingerprint density at radius 1 is 1.22 bits per heavy atom. The summed E-state index contributed by atoms with van der Waals surface area (Å²) >= 11 is 4.92. The van der Waals surface area contributed by atoms with Crippen molar-refractivity contribution in [3.8, 4) is 5.75 Å². The van der Waals surface area contributed by atoms with Gasteiger partial charge in [-0.05, 0) is 31.0 Å². The van der Waals surface area contributed by atoms with Crippen molar-refractivity contribution in [2.75, 3.05) is 6.61 Å². The van der Waals surface area contributed by atoms with Gasteiger partial charge in [0.15, 0.2) is 0 Å². The molecule has 1 heterocycles. The standard InChI is InChI=1S/C10H14O.C4H4S3/c1-2-3-9-11-10-7-5-4-6-8-10;1-3-2-6-7-4(3)5/h4-8H,2-3,9H2,1H3;2H,1H3. The van der Waals surface area contributed by atoms with Crippen LogP contribution in [0.3, 0.4) is 0 Å². The zero-order valence-electron chi connectivity index (χ0n) is 10.7. The highest BCUT2D eigenvalue weighted by molar-refractivity contribution is 7.79. The maximum atomic E-state index is 5.45. The maximum absolute atomic E-state index is 5.45. The first kappa shape index (κ1) is 15.3. The second kappa shape index (κ2) is 9.25. The molecule has 18 heavy (non-hydrogen) atoms. The molecule has 0 bridgehead atoms. The first-order valence-electron chi connectivity index (χ1n) is 5.96. The second-order valence-electron chi connectivity index (χ2n) is 3.78. The molecule has 98 valence electrons. The van der Waals surface area contributed by atoms with Crippen LogP contribution in [0.2, 0.25) is 0 Å². The summed E-state index contributed by atoms with van der Waals surface area (Å²) in [6.45, 7) is 5.03. The van der Waals surface area contributed by atoms with Gasteiger partial charge in [-0.15, -0.1) is 0 Å². The van der Waals surface area contributed by atoms with E-state index in [9.17, 15) is 0 Å². The molecule has 4 heteroatoms.